The van der Waals surface area contributed by atoms with Crippen LogP contribution in [0.2, 0.25) is 0 Å². The molecule has 5 N–H and O–H groups in total. The van der Waals surface area contributed by atoms with Crippen molar-refractivity contribution in [1.29, 1.82) is 0 Å². The first-order valence-electron chi connectivity index (χ1n) is 8.13. The normalized spacial score (nSPS) is 13.5. The number of aliphatic hydroxyl groups excluding tert-OH is 1. The lowest BCUT2D eigenvalue weighted by atomic mass is 10.0. The molecular formula is C20H26N2O2. The average molecular weight is 326 g/mol. The molecule has 0 aliphatic carbocycles. The van der Waals surface area contributed by atoms with Gasteiger partial charge in [-0.2, -0.15) is 0 Å². The molecule has 0 aromatic heterocycles. The van der Waals surface area contributed by atoms with Crippen LogP contribution in [0.25, 0.3) is 5.57 Å². The summed E-state index contributed by atoms with van der Waals surface area (Å²) in [6, 6.07) is 15.0. The molecule has 0 fully saturated rings. The van der Waals surface area contributed by atoms with Crippen molar-refractivity contribution in [2.45, 2.75) is 32.0 Å². The maximum absolute atomic E-state index is 10.2. The second kappa shape index (κ2) is 8.64. The molecule has 2 atom stereocenters. The van der Waals surface area contributed by atoms with E-state index in [0.717, 1.165) is 22.3 Å². The summed E-state index contributed by atoms with van der Waals surface area (Å²) in [7, 11) is 0. The van der Waals surface area contributed by atoms with Gasteiger partial charge in [0.1, 0.15) is 5.75 Å². The predicted molar refractivity (Wildman–Crippen MR) is 98.6 cm³/mol. The maximum atomic E-state index is 10.2. The summed E-state index contributed by atoms with van der Waals surface area (Å²) < 4.78 is 0. The van der Waals surface area contributed by atoms with Gasteiger partial charge in [0.2, 0.25) is 0 Å². The Morgan fingerprint density at radius 2 is 1.88 bits per heavy atom. The first kappa shape index (κ1) is 18.2. The molecule has 0 unspecified atom stereocenters. The van der Waals surface area contributed by atoms with E-state index in [9.17, 15) is 10.2 Å². The fourth-order valence-electron chi connectivity index (χ4n) is 2.56. The Hall–Kier alpha value is -2.14. The van der Waals surface area contributed by atoms with Gasteiger partial charge in [0.25, 0.3) is 0 Å². The summed E-state index contributed by atoms with van der Waals surface area (Å²) in [4.78, 5) is 0. The Balaban J connectivity index is 1.84. The van der Waals surface area contributed by atoms with Gasteiger partial charge < -0.3 is 21.3 Å². The van der Waals surface area contributed by atoms with Crippen LogP contribution in [-0.4, -0.2) is 28.9 Å². The van der Waals surface area contributed by atoms with Crippen LogP contribution in [0, 0.1) is 0 Å². The molecule has 2 aromatic carbocycles. The summed E-state index contributed by atoms with van der Waals surface area (Å²) in [5, 5.41) is 23.2. The number of allylic oxidation sites excluding steroid dienone is 1. The summed E-state index contributed by atoms with van der Waals surface area (Å²) in [5.74, 6) is 0.216. The number of hydrogen-bond donors (Lipinski definition) is 4. The molecule has 2 rings (SSSR count). The fourth-order valence-corrected chi connectivity index (χ4v) is 2.56. The molecule has 0 spiro atoms. The smallest absolute Gasteiger partial charge is 0.116 e. The summed E-state index contributed by atoms with van der Waals surface area (Å²) in [6.07, 6.45) is -0.00145. The van der Waals surface area contributed by atoms with Crippen molar-refractivity contribution >= 4 is 5.57 Å². The van der Waals surface area contributed by atoms with E-state index in [0.29, 0.717) is 19.5 Å². The highest BCUT2D eigenvalue weighted by Gasteiger charge is 2.15. The van der Waals surface area contributed by atoms with E-state index in [1.54, 1.807) is 12.1 Å². The maximum Gasteiger partial charge on any atom is 0.116 e. The van der Waals surface area contributed by atoms with E-state index in [4.69, 9.17) is 5.73 Å². The third kappa shape index (κ3) is 5.49. The van der Waals surface area contributed by atoms with Crippen molar-refractivity contribution < 1.29 is 10.2 Å². The highest BCUT2D eigenvalue weighted by atomic mass is 16.3. The molecule has 2 aromatic rings. The van der Waals surface area contributed by atoms with E-state index in [2.05, 4.69) is 11.9 Å². The number of phenolic OH excluding ortho intramolecular Hbond substituents is 1. The van der Waals surface area contributed by atoms with Crippen LogP contribution in [0.5, 0.6) is 5.75 Å². The Morgan fingerprint density at radius 3 is 2.54 bits per heavy atom. The van der Waals surface area contributed by atoms with Gasteiger partial charge in [-0.1, -0.05) is 42.5 Å². The molecule has 0 bridgehead atoms. The van der Waals surface area contributed by atoms with Crippen molar-refractivity contribution in [1.82, 2.24) is 5.32 Å². The second-order valence-corrected chi connectivity index (χ2v) is 6.22. The predicted octanol–water partition coefficient (Wildman–Crippen LogP) is 2.45. The minimum absolute atomic E-state index is 0.216. The van der Waals surface area contributed by atoms with Crippen LogP contribution in [0.4, 0.5) is 0 Å². The van der Waals surface area contributed by atoms with Gasteiger partial charge in [-0.05, 0) is 48.2 Å². The van der Waals surface area contributed by atoms with Gasteiger partial charge in [0.05, 0.1) is 6.10 Å². The van der Waals surface area contributed by atoms with E-state index in [1.807, 2.05) is 43.3 Å². The van der Waals surface area contributed by atoms with E-state index < -0.39 is 6.10 Å². The minimum Gasteiger partial charge on any atom is -0.508 e. The molecule has 0 saturated carbocycles. The number of aliphatic hydroxyl groups is 1. The minimum atomic E-state index is -0.636. The molecule has 0 aliphatic rings. The number of hydrogen-bond acceptors (Lipinski definition) is 4. The van der Waals surface area contributed by atoms with Crippen LogP contribution in [0.1, 0.15) is 23.6 Å². The van der Waals surface area contributed by atoms with Gasteiger partial charge in [-0.25, -0.2) is 0 Å². The molecule has 4 nitrogen and oxygen atoms in total. The van der Waals surface area contributed by atoms with E-state index in [1.165, 1.54) is 0 Å². The standard InChI is InChI=1S/C20H26N2O2/c1-14(2)17-8-16(9-18(23)11-17)12-22-13-20(24)19(21)10-15-6-4-3-5-7-15/h3-9,11,19-20,22-24H,1,10,12-13,21H2,2H3/t19-,20+/m0/s1. The SMILES string of the molecule is C=C(C)c1cc(O)cc(CNC[C@@H](O)[C@@H](N)Cc2ccccc2)c1. The number of nitrogens with one attached hydrogen (secondary N) is 1. The number of nitrogens with two attached hydrogens (primary N) is 1. The van der Waals surface area contributed by atoms with Gasteiger partial charge in [-0.15, -0.1) is 0 Å². The van der Waals surface area contributed by atoms with Crippen molar-refractivity contribution in [3.63, 3.8) is 0 Å². The van der Waals surface area contributed by atoms with Gasteiger partial charge in [0.15, 0.2) is 0 Å². The van der Waals surface area contributed by atoms with Crippen molar-refractivity contribution in [2.24, 2.45) is 5.73 Å². The molecule has 0 heterocycles. The second-order valence-electron chi connectivity index (χ2n) is 6.22. The largest absolute Gasteiger partial charge is 0.508 e. The van der Waals surface area contributed by atoms with Crippen LogP contribution in [0.15, 0.2) is 55.1 Å². The first-order chi connectivity index (χ1) is 11.5. The lowest BCUT2D eigenvalue weighted by molar-refractivity contribution is 0.141. The first-order valence-corrected chi connectivity index (χ1v) is 8.13. The van der Waals surface area contributed by atoms with Gasteiger partial charge >= 0.3 is 0 Å². The molecular weight excluding hydrogens is 300 g/mol. The molecule has 0 amide bonds. The van der Waals surface area contributed by atoms with Gasteiger partial charge in [0, 0.05) is 19.1 Å². The monoisotopic (exact) mass is 326 g/mol. The molecule has 128 valence electrons. The zero-order valence-electron chi connectivity index (χ0n) is 14.1. The van der Waals surface area contributed by atoms with Crippen molar-refractivity contribution in [2.75, 3.05) is 6.54 Å². The van der Waals surface area contributed by atoms with Gasteiger partial charge in [-0.3, -0.25) is 0 Å². The molecule has 24 heavy (non-hydrogen) atoms. The molecule has 0 radical (unpaired) electrons. The lowest BCUT2D eigenvalue weighted by Gasteiger charge is -2.19. The third-order valence-electron chi connectivity index (χ3n) is 3.96. The lowest BCUT2D eigenvalue weighted by Crippen LogP contribution is -2.42. The molecule has 0 aliphatic heterocycles. The molecule has 0 saturated heterocycles. The van der Waals surface area contributed by atoms with Crippen molar-refractivity contribution in [3.8, 4) is 5.75 Å². The Labute approximate surface area is 143 Å². The Kier molecular flexibility index (Phi) is 6.55. The average Bonchev–Trinajstić information content (AvgIpc) is 2.55. The van der Waals surface area contributed by atoms with Crippen LogP contribution in [-0.2, 0) is 13.0 Å². The number of aromatic hydroxyl groups is 1. The Morgan fingerprint density at radius 1 is 1.17 bits per heavy atom. The quantitative estimate of drug-likeness (QED) is 0.601. The number of benzene rings is 2. The summed E-state index contributed by atoms with van der Waals surface area (Å²) in [5.41, 5.74) is 9.94. The number of phenols is 1. The van der Waals surface area contributed by atoms with Crippen LogP contribution >= 0.6 is 0 Å². The molecule has 4 heteroatoms. The highest BCUT2D eigenvalue weighted by molar-refractivity contribution is 5.63. The van der Waals surface area contributed by atoms with Crippen LogP contribution < -0.4 is 11.1 Å². The van der Waals surface area contributed by atoms with Crippen molar-refractivity contribution in [3.05, 3.63) is 71.8 Å². The van der Waals surface area contributed by atoms with Crippen LogP contribution in [0.3, 0.4) is 0 Å². The summed E-state index contributed by atoms with van der Waals surface area (Å²) >= 11 is 0. The topological polar surface area (TPSA) is 78.5 Å². The summed E-state index contributed by atoms with van der Waals surface area (Å²) in [6.45, 7) is 6.73. The fraction of sp³-hybridized carbons (Fsp3) is 0.300. The Bertz CT molecular complexity index is 671. The van der Waals surface area contributed by atoms with E-state index >= 15 is 0 Å². The van der Waals surface area contributed by atoms with E-state index in [-0.39, 0.29) is 11.8 Å². The zero-order chi connectivity index (χ0) is 17.5. The third-order valence-corrected chi connectivity index (χ3v) is 3.96. The highest BCUT2D eigenvalue weighted by Crippen LogP contribution is 2.20. The zero-order valence-corrected chi connectivity index (χ0v) is 14.1. The number of rotatable bonds is 8.